The zero-order valence-electron chi connectivity index (χ0n) is 24.7. The van der Waals surface area contributed by atoms with Crippen LogP contribution in [-0.2, 0) is 16.0 Å². The van der Waals surface area contributed by atoms with Gasteiger partial charge in [-0.15, -0.1) is 0 Å². The zero-order valence-corrected chi connectivity index (χ0v) is 24.7. The van der Waals surface area contributed by atoms with Gasteiger partial charge in [0.15, 0.2) is 5.75 Å². The predicted octanol–water partition coefficient (Wildman–Crippen LogP) is 1.18. The highest BCUT2D eigenvalue weighted by Crippen LogP contribution is 2.44. The minimum absolute atomic E-state index is 0.301. The van der Waals surface area contributed by atoms with Gasteiger partial charge in [0.2, 0.25) is 0 Å². The van der Waals surface area contributed by atoms with Crippen molar-refractivity contribution in [3.63, 3.8) is 0 Å². The number of nitrogens with zero attached hydrogens (tertiary/aromatic N) is 5. The number of hydrazine groups is 1. The van der Waals surface area contributed by atoms with Crippen molar-refractivity contribution in [3.8, 4) is 5.75 Å². The molecule has 4 aliphatic heterocycles. The van der Waals surface area contributed by atoms with Crippen LogP contribution in [0.25, 0.3) is 0 Å². The molecular weight excluding hydrogens is 540 g/mol. The first-order valence-corrected chi connectivity index (χ1v) is 15.0. The van der Waals surface area contributed by atoms with Crippen LogP contribution in [-0.4, -0.2) is 116 Å². The van der Waals surface area contributed by atoms with Gasteiger partial charge in [0.1, 0.15) is 12.4 Å². The Morgan fingerprint density at radius 3 is 2.45 bits per heavy atom. The number of hydrogen-bond acceptors (Lipinski definition) is 11. The van der Waals surface area contributed by atoms with Crippen LogP contribution in [0.5, 0.6) is 5.75 Å². The van der Waals surface area contributed by atoms with Crippen LogP contribution >= 0.6 is 0 Å². The SMILES string of the molecule is CCc1cc(C(N)=O)c(OC)c(N2CCC(N3CCN(N4C=C(C(=O)NO)C=NC4)CC3)CC2)c1NC1CCOCC1. The van der Waals surface area contributed by atoms with Crippen molar-refractivity contribution in [2.24, 2.45) is 10.7 Å². The molecule has 3 saturated heterocycles. The molecular formula is C29H44N8O5. The van der Waals surface area contributed by atoms with Gasteiger partial charge in [0.25, 0.3) is 11.8 Å². The molecule has 0 aromatic heterocycles. The number of carbonyl (C=O) groups is 2. The molecule has 0 radical (unpaired) electrons. The van der Waals surface area contributed by atoms with Crippen LogP contribution in [0.4, 0.5) is 11.4 Å². The molecule has 0 atom stereocenters. The highest BCUT2D eigenvalue weighted by Gasteiger charge is 2.33. The summed E-state index contributed by atoms with van der Waals surface area (Å²) in [6.45, 7) is 9.21. The van der Waals surface area contributed by atoms with Gasteiger partial charge < -0.3 is 25.4 Å². The molecule has 4 aliphatic rings. The summed E-state index contributed by atoms with van der Waals surface area (Å²) in [5, 5.41) is 16.9. The van der Waals surface area contributed by atoms with E-state index in [4.69, 9.17) is 20.4 Å². The highest BCUT2D eigenvalue weighted by atomic mass is 16.5. The average molecular weight is 585 g/mol. The van der Waals surface area contributed by atoms with Crippen molar-refractivity contribution in [2.75, 3.05) is 76.5 Å². The summed E-state index contributed by atoms with van der Waals surface area (Å²) in [5.41, 5.74) is 11.3. The second-order valence-electron chi connectivity index (χ2n) is 11.2. The number of amides is 2. The second-order valence-corrected chi connectivity index (χ2v) is 11.2. The van der Waals surface area contributed by atoms with Crippen LogP contribution in [0, 0.1) is 0 Å². The van der Waals surface area contributed by atoms with Gasteiger partial charge in [0.05, 0.1) is 23.9 Å². The number of aliphatic imine (C=N–C) groups is 1. The van der Waals surface area contributed by atoms with Gasteiger partial charge in [-0.25, -0.2) is 10.5 Å². The maximum atomic E-state index is 12.5. The lowest BCUT2D eigenvalue weighted by atomic mass is 9.96. The number of primary amides is 1. The summed E-state index contributed by atoms with van der Waals surface area (Å²) >= 11 is 0. The molecule has 4 heterocycles. The molecule has 5 N–H and O–H groups in total. The van der Waals surface area contributed by atoms with Gasteiger partial charge in [-0.1, -0.05) is 6.92 Å². The lowest BCUT2D eigenvalue weighted by Gasteiger charge is -2.46. The number of anilines is 2. The molecule has 0 aliphatic carbocycles. The number of methoxy groups -OCH3 is 1. The van der Waals surface area contributed by atoms with Crippen LogP contribution in [0.2, 0.25) is 0 Å². The third-order valence-corrected chi connectivity index (χ3v) is 8.82. The van der Waals surface area contributed by atoms with Crippen molar-refractivity contribution in [3.05, 3.63) is 29.0 Å². The third-order valence-electron chi connectivity index (χ3n) is 8.82. The first-order chi connectivity index (χ1) is 20.4. The Hall–Kier alpha value is -3.39. The number of piperidine rings is 1. The largest absolute Gasteiger partial charge is 0.494 e. The second kappa shape index (κ2) is 13.7. The summed E-state index contributed by atoms with van der Waals surface area (Å²) in [4.78, 5) is 33.5. The van der Waals surface area contributed by atoms with Crippen LogP contribution in [0.15, 0.2) is 22.8 Å². The van der Waals surface area contributed by atoms with E-state index in [1.54, 1.807) is 18.8 Å². The molecule has 5 rings (SSSR count). The Bertz CT molecular complexity index is 1180. The maximum absolute atomic E-state index is 12.5. The molecule has 2 amide bonds. The Balaban J connectivity index is 1.27. The van der Waals surface area contributed by atoms with E-state index in [1.807, 2.05) is 11.1 Å². The minimum Gasteiger partial charge on any atom is -0.494 e. The van der Waals surface area contributed by atoms with E-state index in [0.717, 1.165) is 102 Å². The first kappa shape index (κ1) is 30.1. The van der Waals surface area contributed by atoms with Crippen molar-refractivity contribution in [2.45, 2.75) is 51.1 Å². The predicted molar refractivity (Wildman–Crippen MR) is 160 cm³/mol. The number of ether oxygens (including phenoxy) is 2. The number of piperazine rings is 1. The lowest BCUT2D eigenvalue weighted by molar-refractivity contribution is -0.125. The Kier molecular flexibility index (Phi) is 9.83. The lowest BCUT2D eigenvalue weighted by Crippen LogP contribution is -2.56. The molecule has 13 heteroatoms. The van der Waals surface area contributed by atoms with Gasteiger partial charge in [-0.3, -0.25) is 29.7 Å². The van der Waals surface area contributed by atoms with E-state index in [-0.39, 0.29) is 0 Å². The minimum atomic E-state index is -0.566. The fraction of sp³-hybridized carbons (Fsp3) is 0.621. The fourth-order valence-corrected chi connectivity index (χ4v) is 6.48. The maximum Gasteiger partial charge on any atom is 0.277 e. The molecule has 13 nitrogen and oxygen atoms in total. The summed E-state index contributed by atoms with van der Waals surface area (Å²) in [6.07, 6.45) is 7.85. The molecule has 1 aromatic carbocycles. The number of benzene rings is 1. The van der Waals surface area contributed by atoms with E-state index >= 15 is 0 Å². The molecule has 230 valence electrons. The van der Waals surface area contributed by atoms with Crippen LogP contribution < -0.4 is 26.2 Å². The normalized spacial score (nSPS) is 21.3. The van der Waals surface area contributed by atoms with Crippen molar-refractivity contribution in [1.82, 2.24) is 20.4 Å². The molecule has 42 heavy (non-hydrogen) atoms. The number of hydrogen-bond donors (Lipinski definition) is 4. The molecule has 0 saturated carbocycles. The Labute approximate surface area is 247 Å². The molecule has 0 unspecified atom stereocenters. The molecule has 1 aromatic rings. The van der Waals surface area contributed by atoms with Gasteiger partial charge in [-0.2, -0.15) is 0 Å². The molecule has 0 spiro atoms. The van der Waals surface area contributed by atoms with E-state index in [1.165, 1.54) is 6.21 Å². The van der Waals surface area contributed by atoms with E-state index < -0.39 is 11.8 Å². The average Bonchev–Trinajstić information content (AvgIpc) is 3.04. The van der Waals surface area contributed by atoms with Crippen LogP contribution in [0.3, 0.4) is 0 Å². The Morgan fingerprint density at radius 2 is 1.83 bits per heavy atom. The Morgan fingerprint density at radius 1 is 1.12 bits per heavy atom. The van der Waals surface area contributed by atoms with E-state index in [0.29, 0.717) is 35.6 Å². The summed E-state index contributed by atoms with van der Waals surface area (Å²) in [5.74, 6) is -0.497. The van der Waals surface area contributed by atoms with Crippen molar-refractivity contribution < 1.29 is 24.3 Å². The smallest absolute Gasteiger partial charge is 0.277 e. The number of carbonyl (C=O) groups excluding carboxylic acids is 2. The van der Waals surface area contributed by atoms with E-state index in [2.05, 4.69) is 32.0 Å². The van der Waals surface area contributed by atoms with Gasteiger partial charge in [0, 0.05) is 77.0 Å². The summed E-state index contributed by atoms with van der Waals surface area (Å²) in [7, 11) is 1.61. The number of aryl methyl sites for hydroxylation is 1. The number of rotatable bonds is 9. The van der Waals surface area contributed by atoms with Crippen molar-refractivity contribution in [1.29, 1.82) is 0 Å². The topological polar surface area (TPSA) is 148 Å². The fourth-order valence-electron chi connectivity index (χ4n) is 6.48. The van der Waals surface area contributed by atoms with Crippen molar-refractivity contribution >= 4 is 29.4 Å². The molecule has 3 fully saturated rings. The zero-order chi connectivity index (χ0) is 29.6. The first-order valence-electron chi connectivity index (χ1n) is 15.0. The molecule has 0 bridgehead atoms. The third kappa shape index (κ3) is 6.48. The monoisotopic (exact) mass is 584 g/mol. The number of nitrogens with two attached hydrogens (primary N) is 1. The summed E-state index contributed by atoms with van der Waals surface area (Å²) < 4.78 is 11.5. The standard InChI is InChI=1S/C29H44N8O5/c1-3-20-16-24(28(30)38)27(41-2)26(25(20)32-22-6-14-42-15-7-22)35-8-4-23(5-9-35)34-10-12-36(13-11-34)37-18-21(17-31-19-37)29(39)33-40/h16-18,22-23,32,40H,3-15,19H2,1-2H3,(H2,30,38)(H,33,39). The van der Waals surface area contributed by atoms with Gasteiger partial charge >= 0.3 is 0 Å². The summed E-state index contributed by atoms with van der Waals surface area (Å²) in [6, 6.07) is 2.65. The van der Waals surface area contributed by atoms with Crippen LogP contribution in [0.1, 0.15) is 48.5 Å². The number of nitrogens with one attached hydrogen (secondary N) is 2. The van der Waals surface area contributed by atoms with Gasteiger partial charge in [-0.05, 0) is 43.7 Å². The number of hydroxylamine groups is 1. The van der Waals surface area contributed by atoms with E-state index in [9.17, 15) is 9.59 Å². The quantitative estimate of drug-likeness (QED) is 0.246. The highest BCUT2D eigenvalue weighted by molar-refractivity contribution is 6.11.